The van der Waals surface area contributed by atoms with Crippen LogP contribution < -0.4 is 4.18 Å². The number of hydrogen-bond acceptors (Lipinski definition) is 3. The topological polar surface area (TPSA) is 43.4 Å². The predicted molar refractivity (Wildman–Crippen MR) is 55.8 cm³/mol. The third-order valence-corrected chi connectivity index (χ3v) is 2.95. The monoisotopic (exact) mass is 214 g/mol. The van der Waals surface area contributed by atoms with Gasteiger partial charge in [-0.25, -0.2) is 0 Å². The zero-order valence-corrected chi connectivity index (χ0v) is 8.96. The minimum absolute atomic E-state index is 0.0817. The van der Waals surface area contributed by atoms with Crippen molar-refractivity contribution in [2.45, 2.75) is 19.8 Å². The van der Waals surface area contributed by atoms with E-state index in [2.05, 4.69) is 0 Å². The fourth-order valence-electron chi connectivity index (χ4n) is 0.985. The molecule has 0 saturated carbocycles. The Bertz CT molecular complexity index is 356. The second kappa shape index (κ2) is 5.00. The quantitative estimate of drug-likeness (QED) is 0.706. The molecule has 0 aromatic heterocycles. The van der Waals surface area contributed by atoms with Gasteiger partial charge in [0, 0.05) is 0 Å². The van der Waals surface area contributed by atoms with Gasteiger partial charge in [0.2, 0.25) is 0 Å². The Balaban J connectivity index is 2.60. The molecule has 3 nitrogen and oxygen atoms in total. The first kappa shape index (κ1) is 11.0. The third kappa shape index (κ3) is 3.79. The van der Waals surface area contributed by atoms with Crippen LogP contribution in [0.2, 0.25) is 0 Å². The van der Waals surface area contributed by atoms with E-state index in [0.29, 0.717) is 12.2 Å². The maximum absolute atomic E-state index is 11.3. The smallest absolute Gasteiger partial charge is 0.309 e. The van der Waals surface area contributed by atoms with E-state index in [9.17, 15) is 8.42 Å². The van der Waals surface area contributed by atoms with E-state index in [1.807, 2.05) is 13.0 Å². The van der Waals surface area contributed by atoms with Crippen molar-refractivity contribution in [2.75, 3.05) is 5.75 Å². The molecule has 0 aliphatic carbocycles. The Hall–Kier alpha value is -1.03. The summed E-state index contributed by atoms with van der Waals surface area (Å²) >= 11 is 0. The van der Waals surface area contributed by atoms with Crippen LogP contribution in [0.1, 0.15) is 19.8 Å². The van der Waals surface area contributed by atoms with Crippen molar-refractivity contribution in [3.05, 3.63) is 30.3 Å². The van der Waals surface area contributed by atoms with Gasteiger partial charge in [0.1, 0.15) is 5.75 Å². The Morgan fingerprint density at radius 2 is 1.86 bits per heavy atom. The van der Waals surface area contributed by atoms with Gasteiger partial charge in [-0.3, -0.25) is 0 Å². The standard InChI is InChI=1S/C10H14O3S/c1-2-3-9-14(11,12)13-10-7-5-4-6-8-10/h4-8H,2-3,9H2,1H3. The molecule has 0 fully saturated rings. The van der Waals surface area contributed by atoms with Gasteiger partial charge < -0.3 is 4.18 Å². The summed E-state index contributed by atoms with van der Waals surface area (Å²) in [6.45, 7) is 1.94. The second-order valence-electron chi connectivity index (χ2n) is 3.01. The average Bonchev–Trinajstić information content (AvgIpc) is 2.16. The summed E-state index contributed by atoms with van der Waals surface area (Å²) in [5, 5.41) is 0. The molecule has 14 heavy (non-hydrogen) atoms. The largest absolute Gasteiger partial charge is 0.382 e. The summed E-state index contributed by atoms with van der Waals surface area (Å²) in [6.07, 6.45) is 1.48. The molecule has 78 valence electrons. The Morgan fingerprint density at radius 1 is 1.21 bits per heavy atom. The molecule has 0 atom stereocenters. The van der Waals surface area contributed by atoms with Crippen molar-refractivity contribution in [2.24, 2.45) is 0 Å². The fraction of sp³-hybridized carbons (Fsp3) is 0.400. The molecular weight excluding hydrogens is 200 g/mol. The van der Waals surface area contributed by atoms with Crippen LogP contribution in [0.25, 0.3) is 0 Å². The van der Waals surface area contributed by atoms with Gasteiger partial charge in [-0.1, -0.05) is 31.5 Å². The van der Waals surface area contributed by atoms with Crippen molar-refractivity contribution in [3.63, 3.8) is 0 Å². The molecule has 0 aliphatic heterocycles. The van der Waals surface area contributed by atoms with Gasteiger partial charge in [-0.15, -0.1) is 0 Å². The van der Waals surface area contributed by atoms with Crippen LogP contribution in [0.4, 0.5) is 0 Å². The summed E-state index contributed by atoms with van der Waals surface area (Å²) in [4.78, 5) is 0. The second-order valence-corrected chi connectivity index (χ2v) is 4.70. The molecule has 0 N–H and O–H groups in total. The first-order valence-electron chi connectivity index (χ1n) is 4.61. The van der Waals surface area contributed by atoms with E-state index in [-0.39, 0.29) is 5.75 Å². The number of benzene rings is 1. The van der Waals surface area contributed by atoms with E-state index in [4.69, 9.17) is 4.18 Å². The minimum Gasteiger partial charge on any atom is -0.382 e. The minimum atomic E-state index is -3.40. The van der Waals surface area contributed by atoms with Gasteiger partial charge in [0.25, 0.3) is 0 Å². The number of rotatable bonds is 5. The Morgan fingerprint density at radius 3 is 2.43 bits per heavy atom. The fourth-order valence-corrected chi connectivity index (χ4v) is 2.12. The highest BCUT2D eigenvalue weighted by molar-refractivity contribution is 7.87. The van der Waals surface area contributed by atoms with E-state index in [1.165, 1.54) is 0 Å². The first-order valence-corrected chi connectivity index (χ1v) is 6.19. The maximum atomic E-state index is 11.3. The Kier molecular flexibility index (Phi) is 3.95. The zero-order chi connectivity index (χ0) is 10.4. The van der Waals surface area contributed by atoms with Crippen LogP contribution in [-0.2, 0) is 10.1 Å². The van der Waals surface area contributed by atoms with Crippen LogP contribution in [0.5, 0.6) is 5.75 Å². The lowest BCUT2D eigenvalue weighted by Gasteiger charge is -2.05. The lowest BCUT2D eigenvalue weighted by molar-refractivity contribution is 0.483. The molecule has 4 heteroatoms. The molecule has 0 spiro atoms. The molecule has 0 heterocycles. The molecule has 1 aromatic carbocycles. The summed E-state index contributed by atoms with van der Waals surface area (Å²) in [5.74, 6) is 0.460. The van der Waals surface area contributed by atoms with Crippen molar-refractivity contribution in [1.82, 2.24) is 0 Å². The van der Waals surface area contributed by atoms with Gasteiger partial charge in [0.15, 0.2) is 0 Å². The number of para-hydroxylation sites is 1. The van der Waals surface area contributed by atoms with Gasteiger partial charge in [-0.2, -0.15) is 8.42 Å². The van der Waals surface area contributed by atoms with E-state index in [1.54, 1.807) is 24.3 Å². The van der Waals surface area contributed by atoms with E-state index >= 15 is 0 Å². The van der Waals surface area contributed by atoms with Crippen molar-refractivity contribution >= 4 is 10.1 Å². The van der Waals surface area contributed by atoms with Gasteiger partial charge in [0.05, 0.1) is 5.75 Å². The zero-order valence-electron chi connectivity index (χ0n) is 8.14. The molecule has 1 aromatic rings. The van der Waals surface area contributed by atoms with Crippen molar-refractivity contribution in [1.29, 1.82) is 0 Å². The van der Waals surface area contributed by atoms with Crippen LogP contribution in [0.3, 0.4) is 0 Å². The summed E-state index contributed by atoms with van der Waals surface area (Å²) < 4.78 is 27.5. The average molecular weight is 214 g/mol. The Labute approximate surface area is 84.8 Å². The molecule has 0 radical (unpaired) electrons. The van der Waals surface area contributed by atoms with Crippen LogP contribution in [0.15, 0.2) is 30.3 Å². The highest BCUT2D eigenvalue weighted by Crippen LogP contribution is 2.12. The number of unbranched alkanes of at least 4 members (excludes halogenated alkanes) is 1. The normalized spacial score (nSPS) is 11.2. The molecule has 0 bridgehead atoms. The van der Waals surface area contributed by atoms with Gasteiger partial charge in [-0.05, 0) is 18.6 Å². The maximum Gasteiger partial charge on any atom is 0.309 e. The summed E-state index contributed by atoms with van der Waals surface area (Å²) in [5.41, 5.74) is 0. The van der Waals surface area contributed by atoms with E-state index in [0.717, 1.165) is 6.42 Å². The first-order chi connectivity index (χ1) is 6.64. The van der Waals surface area contributed by atoms with E-state index < -0.39 is 10.1 Å². The molecule has 1 rings (SSSR count). The van der Waals surface area contributed by atoms with Crippen LogP contribution in [0, 0.1) is 0 Å². The lowest BCUT2D eigenvalue weighted by atomic mass is 10.3. The van der Waals surface area contributed by atoms with Gasteiger partial charge >= 0.3 is 10.1 Å². The molecule has 0 aliphatic rings. The van der Waals surface area contributed by atoms with Crippen LogP contribution >= 0.6 is 0 Å². The lowest BCUT2D eigenvalue weighted by Crippen LogP contribution is -2.13. The summed E-state index contributed by atoms with van der Waals surface area (Å²) in [7, 11) is -3.40. The highest BCUT2D eigenvalue weighted by atomic mass is 32.2. The third-order valence-electron chi connectivity index (χ3n) is 1.71. The van der Waals surface area contributed by atoms with Crippen molar-refractivity contribution in [3.8, 4) is 5.75 Å². The van der Waals surface area contributed by atoms with Crippen LogP contribution in [-0.4, -0.2) is 14.2 Å². The summed E-state index contributed by atoms with van der Waals surface area (Å²) in [6, 6.07) is 8.55. The molecular formula is C10H14O3S. The SMILES string of the molecule is CCCCS(=O)(=O)Oc1ccccc1. The number of hydrogen-bond donors (Lipinski definition) is 0. The molecule has 0 saturated heterocycles. The predicted octanol–water partition coefficient (Wildman–Crippen LogP) is 2.20. The molecule has 0 unspecified atom stereocenters. The van der Waals surface area contributed by atoms with Crippen molar-refractivity contribution < 1.29 is 12.6 Å². The molecule has 0 amide bonds. The highest BCUT2D eigenvalue weighted by Gasteiger charge is 2.10.